The summed E-state index contributed by atoms with van der Waals surface area (Å²) in [7, 11) is -3.48. The normalized spacial score (nSPS) is 30.2. The third-order valence-corrected chi connectivity index (χ3v) is 7.83. The van der Waals surface area contributed by atoms with Crippen LogP contribution in [-0.4, -0.2) is 62.3 Å². The van der Waals surface area contributed by atoms with Crippen molar-refractivity contribution in [2.45, 2.75) is 30.2 Å². The molecule has 2 N–H and O–H groups in total. The van der Waals surface area contributed by atoms with E-state index in [9.17, 15) is 13.2 Å². The molecule has 3 aliphatic rings. The van der Waals surface area contributed by atoms with Crippen LogP contribution >= 0.6 is 0 Å². The number of hydrogen-bond donors (Lipinski definition) is 2. The molecule has 3 atom stereocenters. The van der Waals surface area contributed by atoms with Gasteiger partial charge in [-0.25, -0.2) is 8.42 Å². The Bertz CT molecular complexity index is 747. The quantitative estimate of drug-likeness (QED) is 0.796. The number of rotatable bonds is 3. The Labute approximate surface area is 154 Å². The molecule has 0 spiro atoms. The van der Waals surface area contributed by atoms with Crippen molar-refractivity contribution >= 4 is 15.9 Å². The first-order valence-electron chi connectivity index (χ1n) is 9.40. The Morgan fingerprint density at radius 3 is 2.50 bits per heavy atom. The van der Waals surface area contributed by atoms with E-state index in [0.29, 0.717) is 37.0 Å². The van der Waals surface area contributed by atoms with Gasteiger partial charge in [0.05, 0.1) is 10.8 Å². The van der Waals surface area contributed by atoms with Crippen molar-refractivity contribution in [1.82, 2.24) is 20.1 Å². The third-order valence-electron chi connectivity index (χ3n) is 5.91. The van der Waals surface area contributed by atoms with E-state index in [1.54, 1.807) is 30.3 Å². The molecule has 7 nitrogen and oxygen atoms in total. The minimum atomic E-state index is -3.48. The molecule has 1 saturated carbocycles. The summed E-state index contributed by atoms with van der Waals surface area (Å²) in [6.45, 7) is 2.57. The fourth-order valence-electron chi connectivity index (χ4n) is 4.44. The molecular weight excluding hydrogens is 352 g/mol. The second kappa shape index (κ2) is 7.26. The van der Waals surface area contributed by atoms with E-state index in [2.05, 4.69) is 10.9 Å². The van der Waals surface area contributed by atoms with Crippen molar-refractivity contribution in [3.05, 3.63) is 30.3 Å². The average Bonchev–Trinajstić information content (AvgIpc) is 3.17. The van der Waals surface area contributed by atoms with Gasteiger partial charge in [-0.1, -0.05) is 24.6 Å². The highest BCUT2D eigenvalue weighted by atomic mass is 32.2. The van der Waals surface area contributed by atoms with Crippen LogP contribution in [0.2, 0.25) is 0 Å². The van der Waals surface area contributed by atoms with Crippen molar-refractivity contribution in [3.63, 3.8) is 0 Å². The maximum atomic E-state index is 13.0. The maximum absolute atomic E-state index is 13.0. The van der Waals surface area contributed by atoms with Crippen LogP contribution in [0.3, 0.4) is 0 Å². The third kappa shape index (κ3) is 3.26. The zero-order valence-corrected chi connectivity index (χ0v) is 15.6. The molecule has 1 aromatic rings. The summed E-state index contributed by atoms with van der Waals surface area (Å²) in [6, 6.07) is 8.71. The summed E-state index contributed by atoms with van der Waals surface area (Å²) in [4.78, 5) is 15.2. The smallest absolute Gasteiger partial charge is 0.243 e. The number of nitrogens with zero attached hydrogens (tertiary/aromatic N) is 2. The fraction of sp³-hybridized carbons (Fsp3) is 0.611. The van der Waals surface area contributed by atoms with E-state index in [1.807, 2.05) is 4.90 Å². The van der Waals surface area contributed by atoms with E-state index in [-0.39, 0.29) is 17.9 Å². The molecule has 1 aliphatic carbocycles. The van der Waals surface area contributed by atoms with E-state index in [0.717, 1.165) is 25.8 Å². The first-order chi connectivity index (χ1) is 12.6. The van der Waals surface area contributed by atoms with Gasteiger partial charge < -0.3 is 4.90 Å². The Morgan fingerprint density at radius 2 is 1.77 bits per heavy atom. The standard InChI is InChI=1S/C18H26N4O3S/c23-18(16-8-4-5-14-13-19-20-17(14)16)21-9-11-22(12-10-21)26(24,25)15-6-2-1-3-7-15/h1-3,6-7,14,16-17,19-20H,4-5,8-13H2. The minimum absolute atomic E-state index is 0.000954. The number of hydrogen-bond acceptors (Lipinski definition) is 5. The molecule has 2 heterocycles. The fourth-order valence-corrected chi connectivity index (χ4v) is 5.89. The van der Waals surface area contributed by atoms with Crippen LogP contribution in [0.5, 0.6) is 0 Å². The number of fused-ring (bicyclic) bond motifs is 1. The van der Waals surface area contributed by atoms with Gasteiger partial charge in [-0.15, -0.1) is 0 Å². The molecular formula is C18H26N4O3S. The summed E-state index contributed by atoms with van der Waals surface area (Å²) >= 11 is 0. The second-order valence-electron chi connectivity index (χ2n) is 7.39. The molecule has 2 aliphatic heterocycles. The maximum Gasteiger partial charge on any atom is 0.243 e. The molecule has 1 amide bonds. The van der Waals surface area contributed by atoms with Crippen LogP contribution < -0.4 is 10.9 Å². The van der Waals surface area contributed by atoms with Gasteiger partial charge in [0.25, 0.3) is 0 Å². The number of piperazine rings is 1. The highest BCUT2D eigenvalue weighted by molar-refractivity contribution is 7.89. The topological polar surface area (TPSA) is 81.8 Å². The predicted octanol–water partition coefficient (Wildman–Crippen LogP) is 0.412. The highest BCUT2D eigenvalue weighted by Crippen LogP contribution is 2.32. The number of nitrogens with one attached hydrogen (secondary N) is 2. The van der Waals surface area contributed by atoms with Crippen LogP contribution in [0, 0.1) is 11.8 Å². The zero-order valence-electron chi connectivity index (χ0n) is 14.8. The summed E-state index contributed by atoms with van der Waals surface area (Å²) in [5.74, 6) is 0.700. The van der Waals surface area contributed by atoms with Gasteiger partial charge in [0.15, 0.2) is 0 Å². The molecule has 8 heteroatoms. The van der Waals surface area contributed by atoms with Gasteiger partial charge in [0.2, 0.25) is 15.9 Å². The Hall–Kier alpha value is -1.48. The molecule has 3 fully saturated rings. The number of benzene rings is 1. The van der Waals surface area contributed by atoms with Crippen LogP contribution in [0.25, 0.3) is 0 Å². The monoisotopic (exact) mass is 378 g/mol. The van der Waals surface area contributed by atoms with Crippen molar-refractivity contribution in [2.24, 2.45) is 11.8 Å². The van der Waals surface area contributed by atoms with E-state index >= 15 is 0 Å². The van der Waals surface area contributed by atoms with Crippen LogP contribution in [0.15, 0.2) is 35.2 Å². The van der Waals surface area contributed by atoms with E-state index < -0.39 is 10.0 Å². The molecule has 2 saturated heterocycles. The zero-order chi connectivity index (χ0) is 18.1. The lowest BCUT2D eigenvalue weighted by Gasteiger charge is -2.39. The number of carbonyl (C=O) groups is 1. The largest absolute Gasteiger partial charge is 0.340 e. The molecule has 0 aromatic heterocycles. The van der Waals surface area contributed by atoms with Crippen LogP contribution in [0.1, 0.15) is 19.3 Å². The Balaban J connectivity index is 1.40. The van der Waals surface area contributed by atoms with Gasteiger partial charge >= 0.3 is 0 Å². The number of carbonyl (C=O) groups excluding carboxylic acids is 1. The molecule has 4 rings (SSSR count). The van der Waals surface area contributed by atoms with Gasteiger partial charge in [-0.2, -0.15) is 4.31 Å². The number of amides is 1. The minimum Gasteiger partial charge on any atom is -0.340 e. The van der Waals surface area contributed by atoms with Crippen molar-refractivity contribution in [2.75, 3.05) is 32.7 Å². The first kappa shape index (κ1) is 17.9. The number of hydrazine groups is 1. The van der Waals surface area contributed by atoms with Crippen molar-refractivity contribution < 1.29 is 13.2 Å². The molecule has 1 aromatic carbocycles. The van der Waals surface area contributed by atoms with E-state index in [4.69, 9.17) is 0 Å². The average molecular weight is 378 g/mol. The molecule has 142 valence electrons. The van der Waals surface area contributed by atoms with Crippen LogP contribution in [0.4, 0.5) is 0 Å². The SMILES string of the molecule is O=C(C1CCCC2CNNC21)N1CCN(S(=O)(=O)c2ccccc2)CC1. The van der Waals surface area contributed by atoms with Gasteiger partial charge in [-0.3, -0.25) is 15.6 Å². The molecule has 0 bridgehead atoms. The lowest BCUT2D eigenvalue weighted by molar-refractivity contribution is -0.139. The summed E-state index contributed by atoms with van der Waals surface area (Å²) in [5.41, 5.74) is 6.47. The van der Waals surface area contributed by atoms with Crippen molar-refractivity contribution in [1.29, 1.82) is 0 Å². The van der Waals surface area contributed by atoms with Crippen molar-refractivity contribution in [3.8, 4) is 0 Å². The first-order valence-corrected chi connectivity index (χ1v) is 10.8. The van der Waals surface area contributed by atoms with Gasteiger partial charge in [0.1, 0.15) is 0 Å². The Morgan fingerprint density at radius 1 is 1.04 bits per heavy atom. The highest BCUT2D eigenvalue weighted by Gasteiger charge is 2.42. The lowest BCUT2D eigenvalue weighted by atomic mass is 9.77. The molecule has 3 unspecified atom stereocenters. The van der Waals surface area contributed by atoms with E-state index in [1.165, 1.54) is 4.31 Å². The summed E-state index contributed by atoms with van der Waals surface area (Å²) in [5, 5.41) is 0. The molecule has 26 heavy (non-hydrogen) atoms. The molecule has 0 radical (unpaired) electrons. The lowest BCUT2D eigenvalue weighted by Crippen LogP contribution is -2.55. The van der Waals surface area contributed by atoms with Crippen LogP contribution in [-0.2, 0) is 14.8 Å². The summed E-state index contributed by atoms with van der Waals surface area (Å²) < 4.78 is 26.9. The second-order valence-corrected chi connectivity index (χ2v) is 9.33. The van der Waals surface area contributed by atoms with Gasteiger partial charge in [0, 0.05) is 38.8 Å². The predicted molar refractivity (Wildman–Crippen MR) is 97.5 cm³/mol. The Kier molecular flexibility index (Phi) is 5.00. The number of sulfonamides is 1. The summed E-state index contributed by atoms with van der Waals surface area (Å²) in [6.07, 6.45) is 3.16. The van der Waals surface area contributed by atoms with Gasteiger partial charge in [-0.05, 0) is 30.9 Å².